The number of carbonyl (C=O) groups excluding carboxylic acids is 2. The van der Waals surface area contributed by atoms with Gasteiger partial charge >= 0.3 is 5.97 Å². The molecule has 6 heteroatoms. The van der Waals surface area contributed by atoms with Crippen LogP contribution in [-0.2, 0) is 14.3 Å². The molecule has 1 aromatic rings. The summed E-state index contributed by atoms with van der Waals surface area (Å²) in [6, 6.07) is 7.35. The van der Waals surface area contributed by atoms with E-state index < -0.39 is 6.04 Å². The van der Waals surface area contributed by atoms with Crippen LogP contribution < -0.4 is 15.0 Å². The minimum Gasteiger partial charge on any atom is -0.496 e. The van der Waals surface area contributed by atoms with E-state index in [1.807, 2.05) is 36.4 Å². The summed E-state index contributed by atoms with van der Waals surface area (Å²) in [7, 11) is 1.64. The monoisotopic (exact) mass is 333 g/mol. The summed E-state index contributed by atoms with van der Waals surface area (Å²) in [4.78, 5) is 24.9. The standard InChI is InChI=1S/C18H24N2O4/c1-3-24-17(21)13-15-18(22)19-10-12-20(15)11-6-8-14-7-4-5-9-16(14)23-2/h4-9,15H,3,10-13H2,1-2H3,(H,19,22)/p+1. The van der Waals surface area contributed by atoms with Gasteiger partial charge in [0.1, 0.15) is 12.2 Å². The summed E-state index contributed by atoms with van der Waals surface area (Å²) in [5, 5.41) is 2.82. The lowest BCUT2D eigenvalue weighted by Crippen LogP contribution is -3.19. The van der Waals surface area contributed by atoms with Crippen LogP contribution >= 0.6 is 0 Å². The number of hydrogen-bond acceptors (Lipinski definition) is 4. The number of piperazine rings is 1. The van der Waals surface area contributed by atoms with Crippen LogP contribution in [0.2, 0.25) is 0 Å². The van der Waals surface area contributed by atoms with E-state index >= 15 is 0 Å². The molecular formula is C18H25N2O4+. The predicted molar refractivity (Wildman–Crippen MR) is 90.8 cm³/mol. The highest BCUT2D eigenvalue weighted by atomic mass is 16.5. The lowest BCUT2D eigenvalue weighted by molar-refractivity contribution is -0.911. The van der Waals surface area contributed by atoms with Gasteiger partial charge in [0.15, 0.2) is 6.04 Å². The lowest BCUT2D eigenvalue weighted by Gasteiger charge is -2.30. The summed E-state index contributed by atoms with van der Waals surface area (Å²) >= 11 is 0. The first-order valence-electron chi connectivity index (χ1n) is 8.23. The van der Waals surface area contributed by atoms with Crippen molar-refractivity contribution in [3.8, 4) is 5.75 Å². The fourth-order valence-electron chi connectivity index (χ4n) is 2.84. The molecule has 6 nitrogen and oxygen atoms in total. The molecular weight excluding hydrogens is 308 g/mol. The smallest absolute Gasteiger partial charge is 0.312 e. The van der Waals surface area contributed by atoms with Gasteiger partial charge in [0, 0.05) is 5.56 Å². The van der Waals surface area contributed by atoms with E-state index in [2.05, 4.69) is 5.32 Å². The largest absolute Gasteiger partial charge is 0.496 e. The summed E-state index contributed by atoms with van der Waals surface area (Å²) in [5.74, 6) is 0.393. The number of esters is 1. The zero-order valence-corrected chi connectivity index (χ0v) is 14.2. The van der Waals surface area contributed by atoms with Gasteiger partial charge < -0.3 is 19.7 Å². The number of para-hydroxylation sites is 1. The molecule has 1 fully saturated rings. The van der Waals surface area contributed by atoms with Gasteiger partial charge in [-0.1, -0.05) is 18.2 Å². The number of carbonyl (C=O) groups is 2. The van der Waals surface area contributed by atoms with Crippen molar-refractivity contribution in [2.24, 2.45) is 0 Å². The second-order valence-electron chi connectivity index (χ2n) is 5.61. The lowest BCUT2D eigenvalue weighted by atomic mass is 10.1. The van der Waals surface area contributed by atoms with Crippen molar-refractivity contribution in [1.82, 2.24) is 5.32 Å². The number of amides is 1. The quantitative estimate of drug-likeness (QED) is 0.692. The SMILES string of the molecule is CCOC(=O)CC1C(=O)NCC[NH+]1CC=Cc1ccccc1OC. The van der Waals surface area contributed by atoms with Gasteiger partial charge in [0.25, 0.3) is 5.91 Å². The molecule has 2 N–H and O–H groups in total. The minimum absolute atomic E-state index is 0.0880. The first-order valence-corrected chi connectivity index (χ1v) is 8.23. The molecule has 0 radical (unpaired) electrons. The molecule has 0 aromatic heterocycles. The van der Waals surface area contributed by atoms with E-state index in [1.54, 1.807) is 14.0 Å². The van der Waals surface area contributed by atoms with Gasteiger partial charge in [-0.25, -0.2) is 0 Å². The van der Waals surface area contributed by atoms with E-state index in [0.717, 1.165) is 22.8 Å². The predicted octanol–water partition coefficient (Wildman–Crippen LogP) is 0.0449. The maximum absolute atomic E-state index is 12.1. The number of benzene rings is 1. The molecule has 2 atom stereocenters. The number of nitrogens with one attached hydrogen (secondary N) is 2. The maximum Gasteiger partial charge on any atom is 0.312 e. The molecule has 1 aliphatic heterocycles. The van der Waals surface area contributed by atoms with Crippen LogP contribution in [0.3, 0.4) is 0 Å². The highest BCUT2D eigenvalue weighted by Gasteiger charge is 2.35. The Kier molecular flexibility index (Phi) is 6.81. The Morgan fingerprint density at radius 1 is 1.42 bits per heavy atom. The maximum atomic E-state index is 12.1. The first kappa shape index (κ1) is 18.0. The van der Waals surface area contributed by atoms with Gasteiger partial charge in [-0.15, -0.1) is 0 Å². The van der Waals surface area contributed by atoms with Crippen LogP contribution in [-0.4, -0.2) is 51.3 Å². The number of quaternary nitrogens is 1. The van der Waals surface area contributed by atoms with Crippen molar-refractivity contribution in [3.63, 3.8) is 0 Å². The Bertz CT molecular complexity index is 600. The summed E-state index contributed by atoms with van der Waals surface area (Å²) in [6.45, 7) is 4.16. The second-order valence-corrected chi connectivity index (χ2v) is 5.61. The fourth-order valence-corrected chi connectivity index (χ4v) is 2.84. The number of hydrogen-bond donors (Lipinski definition) is 2. The van der Waals surface area contributed by atoms with Gasteiger partial charge in [-0.2, -0.15) is 0 Å². The second kappa shape index (κ2) is 9.08. The highest BCUT2D eigenvalue weighted by Crippen LogP contribution is 2.18. The van der Waals surface area contributed by atoms with Crippen molar-refractivity contribution >= 4 is 18.0 Å². The van der Waals surface area contributed by atoms with Crippen LogP contribution in [0, 0.1) is 0 Å². The Labute approximate surface area is 142 Å². The van der Waals surface area contributed by atoms with Gasteiger partial charge in [0.2, 0.25) is 0 Å². The normalized spacial score (nSPS) is 20.7. The van der Waals surface area contributed by atoms with Gasteiger partial charge in [-0.3, -0.25) is 9.59 Å². The van der Waals surface area contributed by atoms with Crippen molar-refractivity contribution in [2.45, 2.75) is 19.4 Å². The molecule has 1 heterocycles. The van der Waals surface area contributed by atoms with Gasteiger partial charge in [0.05, 0.1) is 33.4 Å². The Balaban J connectivity index is 2.01. The van der Waals surface area contributed by atoms with E-state index in [1.165, 1.54) is 0 Å². The Hall–Kier alpha value is -2.34. The molecule has 0 bridgehead atoms. The molecule has 0 aliphatic carbocycles. The van der Waals surface area contributed by atoms with Crippen LogP contribution in [0.1, 0.15) is 18.9 Å². The Morgan fingerprint density at radius 3 is 2.96 bits per heavy atom. The molecule has 1 aromatic carbocycles. The fraction of sp³-hybridized carbons (Fsp3) is 0.444. The van der Waals surface area contributed by atoms with E-state index in [4.69, 9.17) is 9.47 Å². The molecule has 2 rings (SSSR count). The molecule has 1 amide bonds. The average molecular weight is 333 g/mol. The third kappa shape index (κ3) is 4.83. The third-order valence-electron chi connectivity index (χ3n) is 4.05. The molecule has 1 saturated heterocycles. The summed E-state index contributed by atoms with van der Waals surface area (Å²) in [5.41, 5.74) is 0.989. The number of rotatable bonds is 7. The average Bonchev–Trinajstić information content (AvgIpc) is 2.58. The van der Waals surface area contributed by atoms with Crippen LogP contribution in [0.15, 0.2) is 30.3 Å². The summed E-state index contributed by atoms with van der Waals surface area (Å²) in [6.07, 6.45) is 4.11. The van der Waals surface area contributed by atoms with Crippen molar-refractivity contribution in [2.75, 3.05) is 33.4 Å². The zero-order valence-electron chi connectivity index (χ0n) is 14.2. The molecule has 0 spiro atoms. The van der Waals surface area contributed by atoms with Crippen molar-refractivity contribution in [1.29, 1.82) is 0 Å². The highest BCUT2D eigenvalue weighted by molar-refractivity contribution is 5.85. The van der Waals surface area contributed by atoms with Crippen molar-refractivity contribution < 1.29 is 24.0 Å². The molecule has 24 heavy (non-hydrogen) atoms. The minimum atomic E-state index is -0.403. The third-order valence-corrected chi connectivity index (χ3v) is 4.05. The van der Waals surface area contributed by atoms with Gasteiger partial charge in [-0.05, 0) is 25.1 Å². The molecule has 130 valence electrons. The van der Waals surface area contributed by atoms with E-state index in [9.17, 15) is 9.59 Å². The van der Waals surface area contributed by atoms with E-state index in [0.29, 0.717) is 19.7 Å². The molecule has 2 unspecified atom stereocenters. The number of ether oxygens (including phenoxy) is 2. The molecule has 0 saturated carbocycles. The molecule has 1 aliphatic rings. The van der Waals surface area contributed by atoms with Crippen LogP contribution in [0.5, 0.6) is 5.75 Å². The number of methoxy groups -OCH3 is 1. The van der Waals surface area contributed by atoms with Crippen LogP contribution in [0.4, 0.5) is 0 Å². The van der Waals surface area contributed by atoms with Crippen molar-refractivity contribution in [3.05, 3.63) is 35.9 Å². The Morgan fingerprint density at radius 2 is 2.21 bits per heavy atom. The zero-order chi connectivity index (χ0) is 17.4. The van der Waals surface area contributed by atoms with E-state index in [-0.39, 0.29) is 18.3 Å². The summed E-state index contributed by atoms with van der Waals surface area (Å²) < 4.78 is 10.3. The topological polar surface area (TPSA) is 69.1 Å². The first-order chi connectivity index (χ1) is 11.7. The van der Waals surface area contributed by atoms with Crippen LogP contribution in [0.25, 0.3) is 6.08 Å².